The molecule has 5 heteroatoms. The minimum Gasteiger partial charge on any atom is -0.253 e. The Labute approximate surface area is 117 Å². The standard InChI is InChI=1S/C16H9F4N/c17-12-8-11-6-7-13(16(18,19)20)14(15(11)21-9-12)10-4-2-1-3-5-10/h1-9H. The van der Waals surface area contributed by atoms with Crippen LogP contribution in [0.4, 0.5) is 17.6 Å². The molecule has 0 aliphatic heterocycles. The smallest absolute Gasteiger partial charge is 0.253 e. The van der Waals surface area contributed by atoms with Gasteiger partial charge in [0.25, 0.3) is 0 Å². The zero-order valence-electron chi connectivity index (χ0n) is 10.7. The third-order valence-electron chi connectivity index (χ3n) is 3.19. The second kappa shape index (κ2) is 4.84. The van der Waals surface area contributed by atoms with E-state index in [4.69, 9.17) is 0 Å². The molecule has 3 aromatic rings. The summed E-state index contributed by atoms with van der Waals surface area (Å²) >= 11 is 0. The summed E-state index contributed by atoms with van der Waals surface area (Å²) in [6.07, 6.45) is -3.58. The van der Waals surface area contributed by atoms with Gasteiger partial charge in [-0.2, -0.15) is 13.2 Å². The number of hydrogen-bond donors (Lipinski definition) is 0. The molecule has 3 rings (SSSR count). The first-order chi connectivity index (χ1) is 9.97. The van der Waals surface area contributed by atoms with Crippen LogP contribution in [0.15, 0.2) is 54.7 Å². The highest BCUT2D eigenvalue weighted by molar-refractivity contribution is 5.95. The van der Waals surface area contributed by atoms with Gasteiger partial charge in [0.1, 0.15) is 5.82 Å². The molecule has 0 spiro atoms. The summed E-state index contributed by atoms with van der Waals surface area (Å²) in [5.74, 6) is -0.582. The fraction of sp³-hybridized carbons (Fsp3) is 0.0625. The Morgan fingerprint density at radius 1 is 0.905 bits per heavy atom. The molecule has 1 aromatic heterocycles. The molecule has 0 amide bonds. The first kappa shape index (κ1) is 13.5. The lowest BCUT2D eigenvalue weighted by atomic mass is 9.96. The molecule has 106 valence electrons. The van der Waals surface area contributed by atoms with Crippen molar-refractivity contribution in [3.63, 3.8) is 0 Å². The molecule has 0 atom stereocenters. The number of fused-ring (bicyclic) bond motifs is 1. The molecule has 0 aliphatic carbocycles. The largest absolute Gasteiger partial charge is 0.417 e. The van der Waals surface area contributed by atoms with Crippen LogP contribution in [0.25, 0.3) is 22.0 Å². The Hall–Kier alpha value is -2.43. The number of hydrogen-bond acceptors (Lipinski definition) is 1. The summed E-state index contributed by atoms with van der Waals surface area (Å²) in [4.78, 5) is 3.86. The van der Waals surface area contributed by atoms with Gasteiger partial charge in [-0.3, -0.25) is 4.98 Å². The number of aromatic nitrogens is 1. The van der Waals surface area contributed by atoms with E-state index in [-0.39, 0.29) is 11.1 Å². The molecule has 0 saturated heterocycles. The minimum absolute atomic E-state index is 0.0272. The van der Waals surface area contributed by atoms with Gasteiger partial charge in [0.15, 0.2) is 0 Å². The van der Waals surface area contributed by atoms with E-state index in [9.17, 15) is 17.6 Å². The van der Waals surface area contributed by atoms with Crippen molar-refractivity contribution in [2.45, 2.75) is 6.18 Å². The van der Waals surface area contributed by atoms with Crippen molar-refractivity contribution in [3.05, 3.63) is 66.1 Å². The third-order valence-corrected chi connectivity index (χ3v) is 3.19. The summed E-state index contributed by atoms with van der Waals surface area (Å²) < 4.78 is 52.9. The van der Waals surface area contributed by atoms with Crippen LogP contribution in [0.1, 0.15) is 5.56 Å². The number of rotatable bonds is 1. The highest BCUT2D eigenvalue weighted by Crippen LogP contribution is 2.40. The minimum atomic E-state index is -4.50. The molecule has 1 nitrogen and oxygen atoms in total. The lowest BCUT2D eigenvalue weighted by molar-refractivity contribution is -0.137. The van der Waals surface area contributed by atoms with Crippen molar-refractivity contribution >= 4 is 10.9 Å². The molecule has 21 heavy (non-hydrogen) atoms. The van der Waals surface area contributed by atoms with Gasteiger partial charge < -0.3 is 0 Å². The predicted molar refractivity (Wildman–Crippen MR) is 72.1 cm³/mol. The van der Waals surface area contributed by atoms with Crippen molar-refractivity contribution in [1.82, 2.24) is 4.98 Å². The highest BCUT2D eigenvalue weighted by atomic mass is 19.4. The molecule has 0 saturated carbocycles. The van der Waals surface area contributed by atoms with Crippen molar-refractivity contribution < 1.29 is 17.6 Å². The summed E-state index contributed by atoms with van der Waals surface area (Å²) in [5, 5.41) is 0.335. The second-order valence-corrected chi connectivity index (χ2v) is 4.58. The van der Waals surface area contributed by atoms with Crippen LogP contribution >= 0.6 is 0 Å². The Morgan fingerprint density at radius 2 is 1.62 bits per heavy atom. The predicted octanol–water partition coefficient (Wildman–Crippen LogP) is 5.06. The van der Waals surface area contributed by atoms with E-state index >= 15 is 0 Å². The maximum absolute atomic E-state index is 13.2. The van der Waals surface area contributed by atoms with E-state index in [0.29, 0.717) is 10.9 Å². The zero-order chi connectivity index (χ0) is 15.0. The van der Waals surface area contributed by atoms with E-state index in [1.165, 1.54) is 12.1 Å². The lowest BCUT2D eigenvalue weighted by Gasteiger charge is -2.15. The number of halogens is 4. The van der Waals surface area contributed by atoms with Crippen LogP contribution in [0.5, 0.6) is 0 Å². The molecular weight excluding hydrogens is 282 g/mol. The molecule has 0 unspecified atom stereocenters. The van der Waals surface area contributed by atoms with Gasteiger partial charge in [0.2, 0.25) is 0 Å². The van der Waals surface area contributed by atoms with E-state index in [1.807, 2.05) is 0 Å². The van der Waals surface area contributed by atoms with Gasteiger partial charge in [-0.05, 0) is 17.7 Å². The average Bonchev–Trinajstić information content (AvgIpc) is 2.45. The van der Waals surface area contributed by atoms with Crippen LogP contribution < -0.4 is 0 Å². The van der Waals surface area contributed by atoms with Crippen molar-refractivity contribution in [2.24, 2.45) is 0 Å². The Balaban J connectivity index is 2.41. The topological polar surface area (TPSA) is 12.9 Å². The average molecular weight is 291 g/mol. The molecular formula is C16H9F4N. The molecule has 0 fully saturated rings. The first-order valence-electron chi connectivity index (χ1n) is 6.18. The molecule has 0 N–H and O–H groups in total. The van der Waals surface area contributed by atoms with Gasteiger partial charge in [0, 0.05) is 10.9 Å². The number of alkyl halides is 3. The maximum Gasteiger partial charge on any atom is 0.417 e. The van der Waals surface area contributed by atoms with E-state index < -0.39 is 17.6 Å². The van der Waals surface area contributed by atoms with Gasteiger partial charge in [-0.25, -0.2) is 4.39 Å². The Morgan fingerprint density at radius 3 is 2.29 bits per heavy atom. The van der Waals surface area contributed by atoms with E-state index in [2.05, 4.69) is 4.98 Å². The van der Waals surface area contributed by atoms with Crippen molar-refractivity contribution in [2.75, 3.05) is 0 Å². The number of nitrogens with zero attached hydrogens (tertiary/aromatic N) is 1. The first-order valence-corrected chi connectivity index (χ1v) is 6.18. The molecule has 0 bridgehead atoms. The number of pyridine rings is 1. The van der Waals surface area contributed by atoms with Gasteiger partial charge in [0.05, 0.1) is 17.3 Å². The van der Waals surface area contributed by atoms with Crippen molar-refractivity contribution in [3.8, 4) is 11.1 Å². The molecule has 0 radical (unpaired) electrons. The SMILES string of the molecule is Fc1cnc2c(-c3ccccc3)c(C(F)(F)F)ccc2c1. The maximum atomic E-state index is 13.2. The fourth-order valence-corrected chi connectivity index (χ4v) is 2.31. The monoisotopic (exact) mass is 291 g/mol. The lowest BCUT2D eigenvalue weighted by Crippen LogP contribution is -2.08. The van der Waals surface area contributed by atoms with Crippen LogP contribution in [-0.2, 0) is 6.18 Å². The highest BCUT2D eigenvalue weighted by Gasteiger charge is 2.34. The number of benzene rings is 2. The summed E-state index contributed by atoms with van der Waals surface area (Å²) in [5.41, 5.74) is -0.270. The Kier molecular flexibility index (Phi) is 3.12. The molecule has 2 aromatic carbocycles. The van der Waals surface area contributed by atoms with Crippen LogP contribution in [0.3, 0.4) is 0 Å². The third kappa shape index (κ3) is 2.46. The van der Waals surface area contributed by atoms with Crippen LogP contribution in [0.2, 0.25) is 0 Å². The van der Waals surface area contributed by atoms with Gasteiger partial charge >= 0.3 is 6.18 Å². The summed E-state index contributed by atoms with van der Waals surface area (Å²) in [6, 6.07) is 11.6. The van der Waals surface area contributed by atoms with Crippen LogP contribution in [0, 0.1) is 5.82 Å². The summed E-state index contributed by atoms with van der Waals surface area (Å²) in [7, 11) is 0. The molecule has 1 heterocycles. The van der Waals surface area contributed by atoms with Gasteiger partial charge in [-0.15, -0.1) is 0 Å². The summed E-state index contributed by atoms with van der Waals surface area (Å²) in [6.45, 7) is 0. The normalized spacial score (nSPS) is 11.8. The van der Waals surface area contributed by atoms with Crippen LogP contribution in [-0.4, -0.2) is 4.98 Å². The zero-order valence-corrected chi connectivity index (χ0v) is 10.7. The van der Waals surface area contributed by atoms with E-state index in [0.717, 1.165) is 12.3 Å². The Bertz CT molecular complexity index is 794. The van der Waals surface area contributed by atoms with Gasteiger partial charge in [-0.1, -0.05) is 36.4 Å². The fourth-order valence-electron chi connectivity index (χ4n) is 2.31. The molecule has 0 aliphatic rings. The quantitative estimate of drug-likeness (QED) is 0.571. The second-order valence-electron chi connectivity index (χ2n) is 4.58. The van der Waals surface area contributed by atoms with E-state index in [1.54, 1.807) is 30.3 Å². The van der Waals surface area contributed by atoms with Crippen molar-refractivity contribution in [1.29, 1.82) is 0 Å².